The summed E-state index contributed by atoms with van der Waals surface area (Å²) in [6.45, 7) is 4.17. The van der Waals surface area contributed by atoms with Crippen LogP contribution < -0.4 is 0 Å². The van der Waals surface area contributed by atoms with Crippen molar-refractivity contribution in [2.24, 2.45) is 5.41 Å². The molecule has 3 heterocycles. The smallest absolute Gasteiger partial charge is 0.339 e. The van der Waals surface area contributed by atoms with Gasteiger partial charge in [0, 0.05) is 56.4 Å². The average molecular weight is 510 g/mol. The molecule has 0 spiro atoms. The maximum absolute atomic E-state index is 12.8. The molecule has 0 aliphatic carbocycles. The van der Waals surface area contributed by atoms with Gasteiger partial charge >= 0.3 is 17.9 Å². The minimum Gasteiger partial charge on any atom is -0.478 e. The number of rotatable bonds is 14. The van der Waals surface area contributed by atoms with E-state index in [-0.39, 0.29) is 17.8 Å². The highest BCUT2D eigenvalue weighted by molar-refractivity contribution is 5.90. The van der Waals surface area contributed by atoms with Gasteiger partial charge in [-0.05, 0) is 30.7 Å². The Morgan fingerprint density at radius 1 is 0.973 bits per heavy atom. The molecule has 198 valence electrons. The molecule has 1 aromatic rings. The van der Waals surface area contributed by atoms with Crippen LogP contribution in [0.4, 0.5) is 0 Å². The van der Waals surface area contributed by atoms with Crippen molar-refractivity contribution in [3.8, 4) is 0 Å². The van der Waals surface area contributed by atoms with Crippen molar-refractivity contribution in [1.82, 2.24) is 14.8 Å². The molecule has 0 saturated carbocycles. The molecule has 0 radical (unpaired) electrons. The molecule has 0 aromatic carbocycles. The van der Waals surface area contributed by atoms with Crippen molar-refractivity contribution < 1.29 is 29.3 Å². The summed E-state index contributed by atoms with van der Waals surface area (Å²) in [5.41, 5.74) is 0.146. The van der Waals surface area contributed by atoms with Crippen LogP contribution in [0.2, 0.25) is 0 Å². The zero-order valence-corrected chi connectivity index (χ0v) is 21.2. The van der Waals surface area contributed by atoms with E-state index in [0.717, 1.165) is 32.1 Å². The van der Waals surface area contributed by atoms with Crippen molar-refractivity contribution in [1.29, 1.82) is 0 Å². The summed E-state index contributed by atoms with van der Waals surface area (Å²) >= 11 is 0. The first-order valence-corrected chi connectivity index (χ1v) is 12.6. The third-order valence-corrected chi connectivity index (χ3v) is 6.46. The molecule has 9 heteroatoms. The van der Waals surface area contributed by atoms with Crippen molar-refractivity contribution in [2.45, 2.75) is 39.0 Å². The Balaban J connectivity index is 1.90. The van der Waals surface area contributed by atoms with E-state index in [9.17, 15) is 24.6 Å². The second kappa shape index (κ2) is 13.4. The quantitative estimate of drug-likeness (QED) is 0.284. The number of hydrogen-bond acceptors (Lipinski definition) is 7. The Morgan fingerprint density at radius 3 is 2.11 bits per heavy atom. The van der Waals surface area contributed by atoms with Gasteiger partial charge in [0.15, 0.2) is 0 Å². The second-order valence-electron chi connectivity index (χ2n) is 9.57. The van der Waals surface area contributed by atoms with Crippen LogP contribution in [0.15, 0.2) is 72.4 Å². The van der Waals surface area contributed by atoms with Gasteiger partial charge in [0.25, 0.3) is 0 Å². The second-order valence-corrected chi connectivity index (χ2v) is 9.57. The number of unbranched alkanes of at least 4 members (excludes halogenated alkanes) is 3. The first kappa shape index (κ1) is 27.7. The standard InChI is InChI=1S/C28H35N3O6/c1-2-3-4-5-12-28(19-30-14-7-10-23(17-30)25(32)33,20-31-15-8-11-24(18-31)26(34)35)21-37-27(36)22-9-6-13-29-16-22/h6-11,13,16-18H,2-5,12,14-15,19-21H2,1H3,(H,32,33)(H,34,35). The van der Waals surface area contributed by atoms with Crippen molar-refractivity contribution >= 4 is 17.9 Å². The van der Waals surface area contributed by atoms with Crippen molar-refractivity contribution in [3.05, 3.63) is 77.9 Å². The van der Waals surface area contributed by atoms with Gasteiger partial charge in [-0.1, -0.05) is 44.8 Å². The molecular formula is C28H35N3O6. The van der Waals surface area contributed by atoms with Crippen LogP contribution in [0.1, 0.15) is 49.4 Å². The molecule has 2 aliphatic heterocycles. The van der Waals surface area contributed by atoms with Gasteiger partial charge in [-0.15, -0.1) is 0 Å². The van der Waals surface area contributed by atoms with Gasteiger partial charge in [-0.2, -0.15) is 0 Å². The third kappa shape index (κ3) is 8.34. The average Bonchev–Trinajstić information content (AvgIpc) is 2.90. The molecule has 0 atom stereocenters. The van der Waals surface area contributed by atoms with Gasteiger partial charge in [0.2, 0.25) is 0 Å². The van der Waals surface area contributed by atoms with Crippen LogP contribution in [0.3, 0.4) is 0 Å². The number of carboxylic acids is 2. The zero-order chi connectivity index (χ0) is 26.7. The number of carbonyl (C=O) groups is 3. The number of carbonyl (C=O) groups excluding carboxylic acids is 1. The van der Waals surface area contributed by atoms with Crippen LogP contribution >= 0.6 is 0 Å². The SMILES string of the molecule is CCCCCCC(COC(=O)c1cccnc1)(CN1C=C(C(=O)O)C=CC1)CN1C=C(C(=O)O)C=CC1. The molecule has 9 nitrogen and oxygen atoms in total. The molecule has 0 bridgehead atoms. The summed E-state index contributed by atoms with van der Waals surface area (Å²) < 4.78 is 5.84. The number of aromatic nitrogens is 1. The number of hydrogen-bond donors (Lipinski definition) is 2. The lowest BCUT2D eigenvalue weighted by Crippen LogP contribution is -2.47. The minimum atomic E-state index is -1.01. The van der Waals surface area contributed by atoms with Gasteiger partial charge in [-0.3, -0.25) is 4.98 Å². The lowest BCUT2D eigenvalue weighted by molar-refractivity contribution is -0.133. The fourth-order valence-corrected chi connectivity index (χ4v) is 4.63. The highest BCUT2D eigenvalue weighted by Crippen LogP contribution is 2.31. The summed E-state index contributed by atoms with van der Waals surface area (Å²) in [5, 5.41) is 19.0. The predicted molar refractivity (Wildman–Crippen MR) is 139 cm³/mol. The summed E-state index contributed by atoms with van der Waals surface area (Å²) in [4.78, 5) is 43.9. The van der Waals surface area contributed by atoms with Crippen LogP contribution in [0, 0.1) is 5.41 Å². The Labute approximate surface area is 217 Å². The van der Waals surface area contributed by atoms with E-state index in [1.807, 2.05) is 9.80 Å². The number of aliphatic carboxylic acids is 2. The molecule has 37 heavy (non-hydrogen) atoms. The molecule has 1 aromatic heterocycles. The fraction of sp³-hybridized carbons (Fsp3) is 0.429. The number of esters is 1. The number of ether oxygens (including phenoxy) is 1. The Kier molecular flexibility index (Phi) is 10.1. The Morgan fingerprint density at radius 2 is 1.59 bits per heavy atom. The molecule has 3 rings (SSSR count). The highest BCUT2D eigenvalue weighted by Gasteiger charge is 2.36. The molecule has 0 amide bonds. The third-order valence-electron chi connectivity index (χ3n) is 6.46. The topological polar surface area (TPSA) is 120 Å². The highest BCUT2D eigenvalue weighted by atomic mass is 16.5. The number of nitrogens with zero attached hydrogens (tertiary/aromatic N) is 3. The van der Waals surface area contributed by atoms with Gasteiger partial charge < -0.3 is 24.7 Å². The zero-order valence-electron chi connectivity index (χ0n) is 21.2. The van der Waals surface area contributed by atoms with E-state index in [0.29, 0.717) is 31.7 Å². The lowest BCUT2D eigenvalue weighted by atomic mass is 9.81. The van der Waals surface area contributed by atoms with Crippen LogP contribution in [0.25, 0.3) is 0 Å². The molecule has 0 unspecified atom stereocenters. The van der Waals surface area contributed by atoms with E-state index >= 15 is 0 Å². The van der Waals surface area contributed by atoms with Crippen LogP contribution in [-0.4, -0.2) is 75.7 Å². The summed E-state index contributed by atoms with van der Waals surface area (Å²) in [7, 11) is 0. The maximum atomic E-state index is 12.8. The van der Waals surface area contributed by atoms with Gasteiger partial charge in [0.1, 0.15) is 6.61 Å². The number of carboxylic acid groups (broad SMARTS) is 2. The van der Waals surface area contributed by atoms with E-state index in [1.54, 1.807) is 55.0 Å². The first-order valence-electron chi connectivity index (χ1n) is 12.6. The Hall–Kier alpha value is -3.88. The van der Waals surface area contributed by atoms with E-state index in [1.165, 1.54) is 6.20 Å². The largest absolute Gasteiger partial charge is 0.478 e. The predicted octanol–water partition coefficient (Wildman–Crippen LogP) is 3.88. The van der Waals surface area contributed by atoms with E-state index in [4.69, 9.17) is 4.74 Å². The monoisotopic (exact) mass is 509 g/mol. The van der Waals surface area contributed by atoms with Crippen LogP contribution in [0.5, 0.6) is 0 Å². The normalized spacial score (nSPS) is 15.3. The molecule has 2 aliphatic rings. The molecule has 0 fully saturated rings. The van der Waals surface area contributed by atoms with E-state index < -0.39 is 23.3 Å². The van der Waals surface area contributed by atoms with Gasteiger partial charge in [0.05, 0.1) is 16.7 Å². The number of pyridine rings is 1. The fourth-order valence-electron chi connectivity index (χ4n) is 4.63. The lowest BCUT2D eigenvalue weighted by Gasteiger charge is -2.41. The summed E-state index contributed by atoms with van der Waals surface area (Å²) in [6.07, 6.45) is 17.9. The summed E-state index contributed by atoms with van der Waals surface area (Å²) in [6, 6.07) is 3.32. The molecular weight excluding hydrogens is 474 g/mol. The van der Waals surface area contributed by atoms with Crippen LogP contribution in [-0.2, 0) is 14.3 Å². The van der Waals surface area contributed by atoms with Gasteiger partial charge in [-0.25, -0.2) is 14.4 Å². The summed E-state index contributed by atoms with van der Waals surface area (Å²) in [5.74, 6) is -2.49. The maximum Gasteiger partial charge on any atom is 0.339 e. The Bertz CT molecular complexity index is 1030. The van der Waals surface area contributed by atoms with Crippen molar-refractivity contribution in [2.75, 3.05) is 32.8 Å². The molecule has 0 saturated heterocycles. The minimum absolute atomic E-state index is 0.0970. The molecule has 2 N–H and O–H groups in total. The van der Waals surface area contributed by atoms with E-state index in [2.05, 4.69) is 11.9 Å². The van der Waals surface area contributed by atoms with Crippen molar-refractivity contribution in [3.63, 3.8) is 0 Å². The first-order chi connectivity index (χ1) is 17.8.